The van der Waals surface area contributed by atoms with Crippen molar-refractivity contribution in [1.29, 1.82) is 0 Å². The Labute approximate surface area is 117 Å². The van der Waals surface area contributed by atoms with Gasteiger partial charge in [-0.15, -0.1) is 6.42 Å². The fourth-order valence-electron chi connectivity index (χ4n) is 1.93. The number of terminal acetylenes is 1. The summed E-state index contributed by atoms with van der Waals surface area (Å²) in [5.74, 6) is 1.98. The monoisotopic (exact) mass is 273 g/mol. The summed E-state index contributed by atoms with van der Waals surface area (Å²) in [6.07, 6.45) is 6.21. The molecule has 0 radical (unpaired) electrons. The Kier molecular flexibility index (Phi) is 4.09. The van der Waals surface area contributed by atoms with Crippen molar-refractivity contribution in [2.75, 3.05) is 6.61 Å². The molecule has 20 heavy (non-hydrogen) atoms. The van der Waals surface area contributed by atoms with Crippen LogP contribution in [0, 0.1) is 24.1 Å². The van der Waals surface area contributed by atoms with Crippen molar-refractivity contribution >= 4 is 16.9 Å². The second kappa shape index (κ2) is 5.79. The number of halogens is 1. The molecule has 104 valence electrons. The van der Waals surface area contributed by atoms with Crippen LogP contribution in [0.1, 0.15) is 36.3 Å². The molecule has 3 nitrogen and oxygen atoms in total. The summed E-state index contributed by atoms with van der Waals surface area (Å²) in [7, 11) is 0. The van der Waals surface area contributed by atoms with E-state index in [2.05, 4.69) is 10.9 Å². The fraction of sp³-hybridized carbons (Fsp3) is 0.312. The molecule has 1 heterocycles. The molecule has 0 saturated heterocycles. The van der Waals surface area contributed by atoms with Crippen LogP contribution in [0.15, 0.2) is 18.2 Å². The molecule has 0 saturated carbocycles. The summed E-state index contributed by atoms with van der Waals surface area (Å²) in [5.41, 5.74) is 1.17. The lowest BCUT2D eigenvalue weighted by Crippen LogP contribution is -2.09. The number of fused-ring (bicyclic) bond motifs is 1. The third-order valence-corrected chi connectivity index (χ3v) is 3.04. The third-order valence-electron chi connectivity index (χ3n) is 3.04. The summed E-state index contributed by atoms with van der Waals surface area (Å²) in [5, 5.41) is 0.517. The minimum atomic E-state index is -0.504. The molecule has 0 amide bonds. The van der Waals surface area contributed by atoms with E-state index in [0.29, 0.717) is 29.0 Å². The molecule has 0 aliphatic carbocycles. The first kappa shape index (κ1) is 14.1. The number of carbonyl (C=O) groups is 1. The number of esters is 1. The maximum atomic E-state index is 13.3. The van der Waals surface area contributed by atoms with Crippen LogP contribution in [0.25, 0.3) is 10.9 Å². The van der Waals surface area contributed by atoms with Gasteiger partial charge in [-0.25, -0.2) is 9.18 Å². The zero-order chi connectivity index (χ0) is 14.7. The maximum absolute atomic E-state index is 13.3. The van der Waals surface area contributed by atoms with Gasteiger partial charge in [0.25, 0.3) is 0 Å². The molecule has 0 fully saturated rings. The molecule has 0 unspecified atom stereocenters. The quantitative estimate of drug-likeness (QED) is 0.684. The van der Waals surface area contributed by atoms with Gasteiger partial charge < -0.3 is 9.72 Å². The Balaban J connectivity index is 2.30. The van der Waals surface area contributed by atoms with Gasteiger partial charge in [-0.05, 0) is 30.5 Å². The second-order valence-electron chi connectivity index (χ2n) is 5.03. The van der Waals surface area contributed by atoms with Crippen molar-refractivity contribution in [3.63, 3.8) is 0 Å². The Bertz CT molecular complexity index is 680. The van der Waals surface area contributed by atoms with Crippen molar-refractivity contribution in [3.05, 3.63) is 35.3 Å². The van der Waals surface area contributed by atoms with Gasteiger partial charge in [0.2, 0.25) is 0 Å². The third kappa shape index (κ3) is 2.83. The SMILES string of the molecule is C#Cc1c(C(=O)OCCC(C)C)[nH]c2ccc(F)cc12. The second-order valence-corrected chi connectivity index (χ2v) is 5.03. The van der Waals surface area contributed by atoms with E-state index in [1.807, 2.05) is 13.8 Å². The molecule has 4 heteroatoms. The van der Waals surface area contributed by atoms with Crippen molar-refractivity contribution in [2.45, 2.75) is 20.3 Å². The Hall–Kier alpha value is -2.28. The molecule has 1 aromatic heterocycles. The zero-order valence-corrected chi connectivity index (χ0v) is 11.5. The molecule has 1 N–H and O–H groups in total. The average molecular weight is 273 g/mol. The average Bonchev–Trinajstić information content (AvgIpc) is 2.75. The number of ether oxygens (including phenoxy) is 1. The first-order valence-electron chi connectivity index (χ1n) is 6.48. The number of hydrogen-bond donors (Lipinski definition) is 1. The zero-order valence-electron chi connectivity index (χ0n) is 11.5. The molecule has 1 aromatic carbocycles. The Morgan fingerprint density at radius 1 is 1.50 bits per heavy atom. The smallest absolute Gasteiger partial charge is 0.356 e. The van der Waals surface area contributed by atoms with Gasteiger partial charge in [0.05, 0.1) is 12.2 Å². The van der Waals surface area contributed by atoms with Gasteiger partial charge in [0.15, 0.2) is 0 Å². The van der Waals surface area contributed by atoms with Gasteiger partial charge in [-0.3, -0.25) is 0 Å². The minimum Gasteiger partial charge on any atom is -0.461 e. The number of benzene rings is 1. The van der Waals surface area contributed by atoms with Crippen LogP contribution in [-0.4, -0.2) is 17.6 Å². The van der Waals surface area contributed by atoms with Crippen LogP contribution in [0.4, 0.5) is 4.39 Å². The van der Waals surface area contributed by atoms with Crippen LogP contribution in [0.3, 0.4) is 0 Å². The summed E-state index contributed by atoms with van der Waals surface area (Å²) >= 11 is 0. The number of rotatable bonds is 4. The number of aromatic amines is 1. The molecule has 2 aromatic rings. The largest absolute Gasteiger partial charge is 0.461 e. The number of hydrogen-bond acceptors (Lipinski definition) is 2. The minimum absolute atomic E-state index is 0.205. The predicted molar refractivity (Wildman–Crippen MR) is 75.9 cm³/mol. The number of H-pyrrole nitrogens is 1. The van der Waals surface area contributed by atoms with Gasteiger partial charge in [-0.1, -0.05) is 19.8 Å². The van der Waals surface area contributed by atoms with E-state index < -0.39 is 11.8 Å². The van der Waals surface area contributed by atoms with E-state index in [-0.39, 0.29) is 5.69 Å². The molecule has 0 aliphatic rings. The molecule has 2 rings (SSSR count). The molecule has 0 aliphatic heterocycles. The highest BCUT2D eigenvalue weighted by Crippen LogP contribution is 2.23. The summed E-state index contributed by atoms with van der Waals surface area (Å²) in [6.45, 7) is 4.43. The summed E-state index contributed by atoms with van der Waals surface area (Å²) < 4.78 is 18.4. The van der Waals surface area contributed by atoms with E-state index in [1.54, 1.807) is 6.07 Å². The van der Waals surface area contributed by atoms with E-state index in [4.69, 9.17) is 11.2 Å². The van der Waals surface area contributed by atoms with Gasteiger partial charge in [-0.2, -0.15) is 0 Å². The summed E-state index contributed by atoms with van der Waals surface area (Å²) in [6, 6.07) is 4.18. The van der Waals surface area contributed by atoms with Crippen LogP contribution in [-0.2, 0) is 4.74 Å². The number of carbonyl (C=O) groups excluding carboxylic acids is 1. The first-order valence-corrected chi connectivity index (χ1v) is 6.48. The van der Waals surface area contributed by atoms with Crippen LogP contribution in [0.5, 0.6) is 0 Å². The predicted octanol–water partition coefficient (Wildman–Crippen LogP) is 3.49. The lowest BCUT2D eigenvalue weighted by atomic mass is 10.1. The lowest BCUT2D eigenvalue weighted by molar-refractivity contribution is 0.0482. The molecule has 0 spiro atoms. The van der Waals surface area contributed by atoms with Crippen molar-refractivity contribution in [2.24, 2.45) is 5.92 Å². The summed E-state index contributed by atoms with van der Waals surface area (Å²) in [4.78, 5) is 14.9. The molecule has 0 atom stereocenters. The van der Waals surface area contributed by atoms with Gasteiger partial charge in [0.1, 0.15) is 11.5 Å². The highest BCUT2D eigenvalue weighted by molar-refractivity contribution is 6.00. The number of aromatic nitrogens is 1. The number of nitrogens with one attached hydrogen (secondary N) is 1. The van der Waals surface area contributed by atoms with E-state index in [1.165, 1.54) is 12.1 Å². The van der Waals surface area contributed by atoms with Crippen LogP contribution < -0.4 is 0 Å². The lowest BCUT2D eigenvalue weighted by Gasteiger charge is -2.06. The topological polar surface area (TPSA) is 42.1 Å². The van der Waals surface area contributed by atoms with Crippen LogP contribution in [0.2, 0.25) is 0 Å². The van der Waals surface area contributed by atoms with E-state index >= 15 is 0 Å². The van der Waals surface area contributed by atoms with Crippen molar-refractivity contribution in [1.82, 2.24) is 4.98 Å². The molecule has 0 bridgehead atoms. The first-order chi connectivity index (χ1) is 9.52. The highest BCUT2D eigenvalue weighted by Gasteiger charge is 2.18. The Morgan fingerprint density at radius 2 is 2.25 bits per heavy atom. The van der Waals surface area contributed by atoms with Crippen LogP contribution >= 0.6 is 0 Å². The van der Waals surface area contributed by atoms with Gasteiger partial charge >= 0.3 is 5.97 Å². The van der Waals surface area contributed by atoms with E-state index in [9.17, 15) is 9.18 Å². The normalized spacial score (nSPS) is 10.8. The standard InChI is InChI=1S/C16H16FNO2/c1-4-12-13-9-11(17)5-6-14(13)18-15(12)16(19)20-8-7-10(2)3/h1,5-6,9-10,18H,7-8H2,2-3H3. The Morgan fingerprint density at radius 3 is 2.90 bits per heavy atom. The van der Waals surface area contributed by atoms with E-state index in [0.717, 1.165) is 6.42 Å². The van der Waals surface area contributed by atoms with Crippen molar-refractivity contribution < 1.29 is 13.9 Å². The highest BCUT2D eigenvalue weighted by atomic mass is 19.1. The molecular formula is C16H16FNO2. The maximum Gasteiger partial charge on any atom is 0.356 e. The fourth-order valence-corrected chi connectivity index (χ4v) is 1.93. The van der Waals surface area contributed by atoms with Gasteiger partial charge in [0, 0.05) is 10.9 Å². The van der Waals surface area contributed by atoms with Crippen molar-refractivity contribution in [3.8, 4) is 12.3 Å². The molecular weight excluding hydrogens is 257 g/mol.